The van der Waals surface area contributed by atoms with E-state index in [9.17, 15) is 9.59 Å². The second-order valence-electron chi connectivity index (χ2n) is 5.73. The molecule has 0 bridgehead atoms. The summed E-state index contributed by atoms with van der Waals surface area (Å²) >= 11 is 0. The first-order valence-electron chi connectivity index (χ1n) is 7.83. The molecule has 120 valence electrons. The SMILES string of the molecule is COC(=O)Cc1ccc(NC(=O)CCC2CCNCC2)cc1. The Bertz CT molecular complexity index is 493. The third-order valence-electron chi connectivity index (χ3n) is 4.05. The van der Waals surface area contributed by atoms with Gasteiger partial charge in [0.1, 0.15) is 0 Å². The second kappa shape index (κ2) is 8.54. The van der Waals surface area contributed by atoms with E-state index in [0.717, 1.165) is 43.6 Å². The third-order valence-corrected chi connectivity index (χ3v) is 4.05. The fraction of sp³-hybridized carbons (Fsp3) is 0.529. The standard InChI is InChI=1S/C17H24N2O3/c1-22-17(21)12-14-2-5-15(6-3-14)19-16(20)7-4-13-8-10-18-11-9-13/h2-3,5-6,13,18H,4,7-12H2,1H3,(H,19,20). The molecule has 1 heterocycles. The minimum atomic E-state index is -0.265. The van der Waals surface area contributed by atoms with Gasteiger partial charge in [-0.05, 0) is 56.0 Å². The first-order valence-corrected chi connectivity index (χ1v) is 7.83. The molecular formula is C17H24N2O3. The van der Waals surface area contributed by atoms with Crippen LogP contribution in [0.15, 0.2) is 24.3 Å². The molecule has 0 aromatic heterocycles. The molecule has 1 fully saturated rings. The summed E-state index contributed by atoms with van der Waals surface area (Å²) in [5.41, 5.74) is 1.64. The Hall–Kier alpha value is -1.88. The van der Waals surface area contributed by atoms with Crippen molar-refractivity contribution in [2.24, 2.45) is 5.92 Å². The molecule has 1 aliphatic heterocycles. The van der Waals surface area contributed by atoms with Crippen LogP contribution in [0.2, 0.25) is 0 Å². The molecule has 1 saturated heterocycles. The van der Waals surface area contributed by atoms with E-state index in [0.29, 0.717) is 12.3 Å². The Morgan fingerprint density at radius 2 is 1.91 bits per heavy atom. The average molecular weight is 304 g/mol. The first kappa shape index (κ1) is 16.5. The van der Waals surface area contributed by atoms with Gasteiger partial charge >= 0.3 is 5.97 Å². The van der Waals surface area contributed by atoms with Crippen LogP contribution in [-0.4, -0.2) is 32.1 Å². The van der Waals surface area contributed by atoms with Gasteiger partial charge in [-0.2, -0.15) is 0 Å². The Morgan fingerprint density at radius 1 is 1.23 bits per heavy atom. The van der Waals surface area contributed by atoms with E-state index in [1.54, 1.807) is 0 Å². The second-order valence-corrected chi connectivity index (χ2v) is 5.73. The maximum absolute atomic E-state index is 12.0. The molecule has 22 heavy (non-hydrogen) atoms. The summed E-state index contributed by atoms with van der Waals surface area (Å²) in [4.78, 5) is 23.1. The summed E-state index contributed by atoms with van der Waals surface area (Å²) in [6.07, 6.45) is 4.09. The number of benzene rings is 1. The van der Waals surface area contributed by atoms with Crippen LogP contribution < -0.4 is 10.6 Å². The van der Waals surface area contributed by atoms with Crippen LogP contribution >= 0.6 is 0 Å². The van der Waals surface area contributed by atoms with E-state index in [2.05, 4.69) is 15.4 Å². The lowest BCUT2D eigenvalue weighted by atomic mass is 9.93. The van der Waals surface area contributed by atoms with Crippen LogP contribution in [0, 0.1) is 5.92 Å². The van der Waals surface area contributed by atoms with Crippen molar-refractivity contribution < 1.29 is 14.3 Å². The minimum absolute atomic E-state index is 0.0549. The van der Waals surface area contributed by atoms with E-state index in [1.807, 2.05) is 24.3 Å². The van der Waals surface area contributed by atoms with Gasteiger partial charge in [0.2, 0.25) is 5.91 Å². The van der Waals surface area contributed by atoms with Crippen molar-refractivity contribution in [3.63, 3.8) is 0 Å². The number of nitrogens with one attached hydrogen (secondary N) is 2. The predicted octanol–water partition coefficient (Wildman–Crippen LogP) is 2.12. The van der Waals surface area contributed by atoms with Gasteiger partial charge in [0.25, 0.3) is 0 Å². The maximum Gasteiger partial charge on any atom is 0.309 e. The van der Waals surface area contributed by atoms with Crippen molar-refractivity contribution in [1.29, 1.82) is 0 Å². The summed E-state index contributed by atoms with van der Waals surface area (Å²) in [5.74, 6) is 0.451. The van der Waals surface area contributed by atoms with Crippen LogP contribution in [0.4, 0.5) is 5.69 Å². The molecule has 0 spiro atoms. The van der Waals surface area contributed by atoms with Gasteiger partial charge in [-0.25, -0.2) is 0 Å². The smallest absolute Gasteiger partial charge is 0.309 e. The number of piperidine rings is 1. The largest absolute Gasteiger partial charge is 0.469 e. The number of esters is 1. The monoisotopic (exact) mass is 304 g/mol. The van der Waals surface area contributed by atoms with E-state index in [4.69, 9.17) is 0 Å². The van der Waals surface area contributed by atoms with Crippen LogP contribution in [-0.2, 0) is 20.7 Å². The number of methoxy groups -OCH3 is 1. The minimum Gasteiger partial charge on any atom is -0.469 e. The van der Waals surface area contributed by atoms with Crippen molar-refractivity contribution >= 4 is 17.6 Å². The highest BCUT2D eigenvalue weighted by atomic mass is 16.5. The number of hydrogen-bond donors (Lipinski definition) is 2. The molecular weight excluding hydrogens is 280 g/mol. The molecule has 0 saturated carbocycles. The van der Waals surface area contributed by atoms with Crippen LogP contribution in [0.3, 0.4) is 0 Å². The molecule has 5 heteroatoms. The van der Waals surface area contributed by atoms with E-state index < -0.39 is 0 Å². The molecule has 1 aliphatic rings. The number of rotatable bonds is 6. The quantitative estimate of drug-likeness (QED) is 0.790. The first-order chi connectivity index (χ1) is 10.7. The summed E-state index contributed by atoms with van der Waals surface area (Å²) in [7, 11) is 1.37. The topological polar surface area (TPSA) is 67.4 Å². The van der Waals surface area contributed by atoms with Crippen molar-refractivity contribution in [1.82, 2.24) is 5.32 Å². The predicted molar refractivity (Wildman–Crippen MR) is 85.6 cm³/mol. The van der Waals surface area contributed by atoms with Crippen LogP contribution in [0.5, 0.6) is 0 Å². The highest BCUT2D eigenvalue weighted by Crippen LogP contribution is 2.18. The van der Waals surface area contributed by atoms with Gasteiger partial charge in [0, 0.05) is 12.1 Å². The van der Waals surface area contributed by atoms with Gasteiger partial charge in [-0.1, -0.05) is 12.1 Å². The molecule has 2 rings (SSSR count). The molecule has 0 unspecified atom stereocenters. The fourth-order valence-electron chi connectivity index (χ4n) is 2.67. The summed E-state index contributed by atoms with van der Waals surface area (Å²) in [5, 5.41) is 6.24. The van der Waals surface area contributed by atoms with Crippen molar-refractivity contribution in [2.45, 2.75) is 32.1 Å². The van der Waals surface area contributed by atoms with Crippen LogP contribution in [0.25, 0.3) is 0 Å². The molecule has 1 aromatic rings. The van der Waals surface area contributed by atoms with Gasteiger partial charge in [0.05, 0.1) is 13.5 Å². The fourth-order valence-corrected chi connectivity index (χ4v) is 2.67. The normalized spacial score (nSPS) is 15.3. The lowest BCUT2D eigenvalue weighted by Gasteiger charge is -2.22. The van der Waals surface area contributed by atoms with E-state index in [1.165, 1.54) is 7.11 Å². The highest BCUT2D eigenvalue weighted by molar-refractivity contribution is 5.90. The Morgan fingerprint density at radius 3 is 2.55 bits per heavy atom. The summed E-state index contributed by atoms with van der Waals surface area (Å²) in [6, 6.07) is 7.31. The maximum atomic E-state index is 12.0. The third kappa shape index (κ3) is 5.48. The van der Waals surface area contributed by atoms with Crippen molar-refractivity contribution in [2.75, 3.05) is 25.5 Å². The molecule has 1 amide bonds. The van der Waals surface area contributed by atoms with Gasteiger partial charge in [-0.15, -0.1) is 0 Å². The summed E-state index contributed by atoms with van der Waals surface area (Å²) < 4.78 is 4.63. The van der Waals surface area contributed by atoms with E-state index in [-0.39, 0.29) is 18.3 Å². The molecule has 0 atom stereocenters. The molecule has 0 radical (unpaired) electrons. The number of anilines is 1. The Kier molecular flexibility index (Phi) is 6.40. The number of carbonyl (C=O) groups is 2. The van der Waals surface area contributed by atoms with Crippen LogP contribution in [0.1, 0.15) is 31.2 Å². The van der Waals surface area contributed by atoms with Gasteiger partial charge in [-0.3, -0.25) is 9.59 Å². The zero-order valence-corrected chi connectivity index (χ0v) is 13.1. The molecule has 1 aromatic carbocycles. The molecule has 5 nitrogen and oxygen atoms in total. The number of amides is 1. The lowest BCUT2D eigenvalue weighted by molar-refractivity contribution is -0.139. The highest BCUT2D eigenvalue weighted by Gasteiger charge is 2.14. The average Bonchev–Trinajstić information content (AvgIpc) is 2.55. The van der Waals surface area contributed by atoms with Gasteiger partial charge < -0.3 is 15.4 Å². The Balaban J connectivity index is 1.75. The lowest BCUT2D eigenvalue weighted by Crippen LogP contribution is -2.28. The van der Waals surface area contributed by atoms with Crippen molar-refractivity contribution in [3.8, 4) is 0 Å². The molecule has 0 aliphatic carbocycles. The number of ether oxygens (including phenoxy) is 1. The molecule has 2 N–H and O–H groups in total. The van der Waals surface area contributed by atoms with Crippen molar-refractivity contribution in [3.05, 3.63) is 29.8 Å². The van der Waals surface area contributed by atoms with E-state index >= 15 is 0 Å². The number of carbonyl (C=O) groups excluding carboxylic acids is 2. The zero-order valence-electron chi connectivity index (χ0n) is 13.1. The zero-order chi connectivity index (χ0) is 15.8. The Labute approximate surface area is 131 Å². The summed E-state index contributed by atoms with van der Waals surface area (Å²) in [6.45, 7) is 2.13. The number of hydrogen-bond acceptors (Lipinski definition) is 4. The van der Waals surface area contributed by atoms with Gasteiger partial charge in [0.15, 0.2) is 0 Å².